The van der Waals surface area contributed by atoms with Crippen molar-refractivity contribution in [1.82, 2.24) is 10.2 Å². The van der Waals surface area contributed by atoms with Crippen LogP contribution in [0.5, 0.6) is 0 Å². The maximum atomic E-state index is 11.7. The van der Waals surface area contributed by atoms with Gasteiger partial charge in [-0.15, -0.1) is 0 Å². The average Bonchev–Trinajstić information content (AvgIpc) is 2.25. The molecule has 3 N–H and O–H groups in total. The first kappa shape index (κ1) is 14.9. The summed E-state index contributed by atoms with van der Waals surface area (Å²) in [5.74, 6) is -0.461. The van der Waals surface area contributed by atoms with Crippen LogP contribution in [0.2, 0.25) is 0 Å². The van der Waals surface area contributed by atoms with Gasteiger partial charge in [-0.25, -0.2) is 0 Å². The van der Waals surface area contributed by atoms with Gasteiger partial charge in [-0.05, 0) is 13.8 Å². The molecular formula is C10H21N3O3. The Kier molecular flexibility index (Phi) is 7.49. The number of ether oxygens (including phenoxy) is 1. The minimum Gasteiger partial charge on any atom is -0.383 e. The summed E-state index contributed by atoms with van der Waals surface area (Å²) in [6.45, 7) is 4.71. The number of carbonyl (C=O) groups excluding carboxylic acids is 2. The van der Waals surface area contributed by atoms with E-state index in [1.54, 1.807) is 12.0 Å². The van der Waals surface area contributed by atoms with E-state index in [9.17, 15) is 9.59 Å². The highest BCUT2D eigenvalue weighted by Crippen LogP contribution is 1.98. The molecule has 0 aromatic heterocycles. The fourth-order valence-electron chi connectivity index (χ4n) is 1.21. The smallest absolute Gasteiger partial charge is 0.242 e. The number of nitrogens with zero attached hydrogens (tertiary/aromatic N) is 1. The molecule has 0 atom stereocenters. The van der Waals surface area contributed by atoms with E-state index in [4.69, 9.17) is 10.5 Å². The van der Waals surface area contributed by atoms with Crippen LogP contribution < -0.4 is 11.1 Å². The van der Waals surface area contributed by atoms with Gasteiger partial charge in [0.05, 0.1) is 19.7 Å². The molecule has 0 spiro atoms. The Labute approximate surface area is 96.1 Å². The Hall–Kier alpha value is -1.14. The minimum absolute atomic E-state index is 0.0159. The number of amides is 2. The van der Waals surface area contributed by atoms with Crippen molar-refractivity contribution in [2.24, 2.45) is 5.73 Å². The van der Waals surface area contributed by atoms with E-state index >= 15 is 0 Å². The summed E-state index contributed by atoms with van der Waals surface area (Å²) in [6, 6.07) is 0.0810. The van der Waals surface area contributed by atoms with E-state index in [0.717, 1.165) is 0 Å². The zero-order valence-corrected chi connectivity index (χ0v) is 10.2. The number of methoxy groups -OCH3 is 1. The first-order chi connectivity index (χ1) is 7.52. The standard InChI is InChI=1S/C10H21N3O3/c1-8(2)13(4-5-16-3)10(15)7-12-9(14)6-11/h8H,4-7,11H2,1-3H3,(H,12,14). The molecule has 0 saturated carbocycles. The van der Waals surface area contributed by atoms with Crippen LogP contribution in [0.15, 0.2) is 0 Å². The van der Waals surface area contributed by atoms with Crippen molar-refractivity contribution in [1.29, 1.82) is 0 Å². The number of hydrogen-bond donors (Lipinski definition) is 2. The topological polar surface area (TPSA) is 84.7 Å². The second-order valence-corrected chi connectivity index (χ2v) is 3.65. The van der Waals surface area contributed by atoms with Gasteiger partial charge in [0.2, 0.25) is 11.8 Å². The fraction of sp³-hybridized carbons (Fsp3) is 0.800. The third kappa shape index (κ3) is 5.67. The molecule has 6 heteroatoms. The molecule has 2 amide bonds. The lowest BCUT2D eigenvalue weighted by molar-refractivity contribution is -0.134. The quantitative estimate of drug-likeness (QED) is 0.585. The highest BCUT2D eigenvalue weighted by Gasteiger charge is 2.16. The van der Waals surface area contributed by atoms with Crippen LogP contribution in [0.4, 0.5) is 0 Å². The van der Waals surface area contributed by atoms with E-state index in [0.29, 0.717) is 13.2 Å². The molecule has 0 bridgehead atoms. The molecule has 0 rings (SSSR count). The number of nitrogens with two attached hydrogens (primary N) is 1. The molecule has 0 aromatic carbocycles. The Morgan fingerprint density at radius 2 is 2.06 bits per heavy atom. The molecule has 0 unspecified atom stereocenters. The summed E-state index contributed by atoms with van der Waals surface area (Å²) in [7, 11) is 1.58. The van der Waals surface area contributed by atoms with Crippen molar-refractivity contribution in [3.8, 4) is 0 Å². The Morgan fingerprint density at radius 3 is 2.50 bits per heavy atom. The number of carbonyl (C=O) groups is 2. The summed E-state index contributed by atoms with van der Waals surface area (Å²) in [5, 5.41) is 2.45. The van der Waals surface area contributed by atoms with Crippen LogP contribution in [0.1, 0.15) is 13.8 Å². The monoisotopic (exact) mass is 231 g/mol. The van der Waals surface area contributed by atoms with Crippen LogP contribution in [0, 0.1) is 0 Å². The van der Waals surface area contributed by atoms with Gasteiger partial charge >= 0.3 is 0 Å². The van der Waals surface area contributed by atoms with Gasteiger partial charge in [-0.1, -0.05) is 0 Å². The summed E-state index contributed by atoms with van der Waals surface area (Å²) >= 11 is 0. The Morgan fingerprint density at radius 1 is 1.44 bits per heavy atom. The molecule has 0 fully saturated rings. The van der Waals surface area contributed by atoms with Crippen LogP contribution in [-0.2, 0) is 14.3 Å². The molecule has 0 aromatic rings. The second kappa shape index (κ2) is 8.06. The largest absolute Gasteiger partial charge is 0.383 e. The summed E-state index contributed by atoms with van der Waals surface area (Å²) < 4.78 is 4.92. The van der Waals surface area contributed by atoms with E-state index in [1.165, 1.54) is 0 Å². The van der Waals surface area contributed by atoms with Crippen molar-refractivity contribution in [2.45, 2.75) is 19.9 Å². The molecule has 0 heterocycles. The number of rotatable bonds is 7. The third-order valence-electron chi connectivity index (χ3n) is 2.10. The zero-order valence-electron chi connectivity index (χ0n) is 10.2. The lowest BCUT2D eigenvalue weighted by atomic mass is 10.3. The van der Waals surface area contributed by atoms with Gasteiger partial charge in [0, 0.05) is 19.7 Å². The number of nitrogens with one attached hydrogen (secondary N) is 1. The summed E-state index contributed by atoms with van der Waals surface area (Å²) in [6.07, 6.45) is 0. The Bertz CT molecular complexity index is 231. The zero-order chi connectivity index (χ0) is 12.6. The van der Waals surface area contributed by atoms with Gasteiger partial charge in [0.1, 0.15) is 0 Å². The number of hydrogen-bond acceptors (Lipinski definition) is 4. The molecule has 0 radical (unpaired) electrons. The van der Waals surface area contributed by atoms with E-state index in [2.05, 4.69) is 5.32 Å². The van der Waals surface area contributed by atoms with E-state index in [-0.39, 0.29) is 30.9 Å². The normalized spacial score (nSPS) is 10.3. The lowest BCUT2D eigenvalue weighted by Gasteiger charge is -2.26. The predicted octanol–water partition coefficient (Wildman–Crippen LogP) is -1.06. The van der Waals surface area contributed by atoms with Crippen molar-refractivity contribution in [3.05, 3.63) is 0 Å². The molecular weight excluding hydrogens is 210 g/mol. The van der Waals surface area contributed by atoms with Crippen LogP contribution >= 0.6 is 0 Å². The van der Waals surface area contributed by atoms with Crippen LogP contribution in [0.3, 0.4) is 0 Å². The van der Waals surface area contributed by atoms with Crippen LogP contribution in [0.25, 0.3) is 0 Å². The predicted molar refractivity (Wildman–Crippen MR) is 60.8 cm³/mol. The minimum atomic E-state index is -0.330. The summed E-state index contributed by atoms with van der Waals surface area (Å²) in [5.41, 5.74) is 5.12. The van der Waals surface area contributed by atoms with Crippen molar-refractivity contribution >= 4 is 11.8 Å². The molecule has 0 saturated heterocycles. The molecule has 16 heavy (non-hydrogen) atoms. The average molecular weight is 231 g/mol. The maximum absolute atomic E-state index is 11.7. The fourth-order valence-corrected chi connectivity index (χ4v) is 1.21. The van der Waals surface area contributed by atoms with Crippen LogP contribution in [-0.4, -0.2) is 56.1 Å². The van der Waals surface area contributed by atoms with E-state index < -0.39 is 0 Å². The second-order valence-electron chi connectivity index (χ2n) is 3.65. The molecule has 0 aliphatic carbocycles. The first-order valence-corrected chi connectivity index (χ1v) is 5.28. The maximum Gasteiger partial charge on any atom is 0.242 e. The molecule has 94 valence electrons. The van der Waals surface area contributed by atoms with Crippen molar-refractivity contribution in [3.63, 3.8) is 0 Å². The van der Waals surface area contributed by atoms with E-state index in [1.807, 2.05) is 13.8 Å². The van der Waals surface area contributed by atoms with Gasteiger partial charge in [-0.2, -0.15) is 0 Å². The van der Waals surface area contributed by atoms with Gasteiger partial charge in [0.25, 0.3) is 0 Å². The highest BCUT2D eigenvalue weighted by molar-refractivity contribution is 5.85. The van der Waals surface area contributed by atoms with Gasteiger partial charge in [-0.3, -0.25) is 9.59 Å². The van der Waals surface area contributed by atoms with Gasteiger partial charge in [0.15, 0.2) is 0 Å². The molecule has 6 nitrogen and oxygen atoms in total. The Balaban J connectivity index is 4.11. The summed E-state index contributed by atoms with van der Waals surface area (Å²) in [4.78, 5) is 24.3. The third-order valence-corrected chi connectivity index (χ3v) is 2.10. The lowest BCUT2D eigenvalue weighted by Crippen LogP contribution is -2.45. The molecule has 0 aliphatic rings. The van der Waals surface area contributed by atoms with Gasteiger partial charge < -0.3 is 20.7 Å². The first-order valence-electron chi connectivity index (χ1n) is 5.28. The molecule has 0 aliphatic heterocycles. The van der Waals surface area contributed by atoms with Crippen molar-refractivity contribution in [2.75, 3.05) is 33.4 Å². The highest BCUT2D eigenvalue weighted by atomic mass is 16.5. The SMILES string of the molecule is COCCN(C(=O)CNC(=O)CN)C(C)C. The van der Waals surface area contributed by atoms with Crippen molar-refractivity contribution < 1.29 is 14.3 Å².